The fraction of sp³-hybridized carbons (Fsp3) is 0.286. The number of rotatable bonds is 4. The van der Waals surface area contributed by atoms with Crippen molar-refractivity contribution in [3.8, 4) is 0 Å². The van der Waals surface area contributed by atoms with Gasteiger partial charge in [-0.15, -0.1) is 0 Å². The van der Waals surface area contributed by atoms with Crippen molar-refractivity contribution in [2.45, 2.75) is 26.2 Å². The van der Waals surface area contributed by atoms with Crippen LogP contribution in [0, 0.1) is 17.5 Å². The summed E-state index contributed by atoms with van der Waals surface area (Å²) in [7, 11) is 0. The fourth-order valence-electron chi connectivity index (χ4n) is 1.75. The van der Waals surface area contributed by atoms with Crippen molar-refractivity contribution >= 4 is 0 Å². The van der Waals surface area contributed by atoms with E-state index < -0.39 is 17.5 Å². The van der Waals surface area contributed by atoms with E-state index in [2.05, 4.69) is 9.97 Å². The van der Waals surface area contributed by atoms with Gasteiger partial charge in [0.15, 0.2) is 11.6 Å². The summed E-state index contributed by atoms with van der Waals surface area (Å²) >= 11 is 0. The third-order valence-corrected chi connectivity index (χ3v) is 2.73. The summed E-state index contributed by atoms with van der Waals surface area (Å²) in [6, 6.07) is 1.40. The average Bonchev–Trinajstić information content (AvgIpc) is 2.38. The molecule has 0 saturated carbocycles. The van der Waals surface area contributed by atoms with Crippen molar-refractivity contribution in [1.29, 1.82) is 0 Å². The van der Waals surface area contributed by atoms with E-state index >= 15 is 0 Å². The van der Waals surface area contributed by atoms with Gasteiger partial charge in [-0.25, -0.2) is 13.2 Å². The first kappa shape index (κ1) is 13.5. The number of halogens is 3. The van der Waals surface area contributed by atoms with Crippen LogP contribution in [-0.4, -0.2) is 9.97 Å². The van der Waals surface area contributed by atoms with Crippen LogP contribution in [0.25, 0.3) is 0 Å². The highest BCUT2D eigenvalue weighted by molar-refractivity contribution is 5.24. The van der Waals surface area contributed by atoms with E-state index in [-0.39, 0.29) is 12.0 Å². The van der Waals surface area contributed by atoms with Crippen molar-refractivity contribution in [1.82, 2.24) is 9.97 Å². The lowest BCUT2D eigenvalue weighted by molar-refractivity contribution is 0.491. The first-order valence-electron chi connectivity index (χ1n) is 6.03. The number of aromatic nitrogens is 2. The maximum absolute atomic E-state index is 13.5. The van der Waals surface area contributed by atoms with Crippen molar-refractivity contribution < 1.29 is 13.2 Å². The number of aryl methyl sites for hydroxylation is 1. The fourth-order valence-corrected chi connectivity index (χ4v) is 1.75. The van der Waals surface area contributed by atoms with E-state index in [4.69, 9.17) is 0 Å². The van der Waals surface area contributed by atoms with Crippen LogP contribution in [0.15, 0.2) is 24.5 Å². The Morgan fingerprint density at radius 2 is 1.53 bits per heavy atom. The van der Waals surface area contributed by atoms with Crippen molar-refractivity contribution in [2.75, 3.05) is 0 Å². The Morgan fingerprint density at radius 3 is 2.16 bits per heavy atom. The van der Waals surface area contributed by atoms with Gasteiger partial charge in [-0.05, 0) is 18.1 Å². The quantitative estimate of drug-likeness (QED) is 0.792. The summed E-state index contributed by atoms with van der Waals surface area (Å²) < 4.78 is 39.3. The first-order chi connectivity index (χ1) is 9.10. The monoisotopic (exact) mass is 266 g/mol. The summed E-state index contributed by atoms with van der Waals surface area (Å²) in [6.45, 7) is 2.03. The molecule has 5 heteroatoms. The minimum atomic E-state index is -1.19. The zero-order valence-corrected chi connectivity index (χ0v) is 10.5. The summed E-state index contributed by atoms with van der Waals surface area (Å²) in [4.78, 5) is 8.32. The summed E-state index contributed by atoms with van der Waals surface area (Å²) in [5, 5.41) is 0. The van der Waals surface area contributed by atoms with E-state index in [1.54, 1.807) is 6.20 Å². The molecule has 0 aliphatic heterocycles. The van der Waals surface area contributed by atoms with Crippen molar-refractivity contribution in [2.24, 2.45) is 0 Å². The lowest BCUT2D eigenvalue weighted by atomic mass is 10.1. The molecule has 2 aromatic rings. The van der Waals surface area contributed by atoms with Crippen LogP contribution in [0.1, 0.15) is 30.3 Å². The van der Waals surface area contributed by atoms with E-state index in [1.807, 2.05) is 6.92 Å². The Bertz CT molecular complexity index is 568. The highest BCUT2D eigenvalue weighted by atomic mass is 19.2. The van der Waals surface area contributed by atoms with Crippen LogP contribution in [-0.2, 0) is 12.8 Å². The Balaban J connectivity index is 2.19. The maximum Gasteiger partial charge on any atom is 0.161 e. The SMILES string of the molecule is CCCc1cnc(Cc2cc(F)c(F)cc2F)cn1. The molecule has 1 aromatic heterocycles. The molecule has 100 valence electrons. The summed E-state index contributed by atoms with van der Waals surface area (Å²) in [6.07, 6.45) is 5.03. The predicted molar refractivity (Wildman–Crippen MR) is 65.1 cm³/mol. The van der Waals surface area contributed by atoms with Gasteiger partial charge in [0.05, 0.1) is 11.4 Å². The second kappa shape index (κ2) is 5.82. The van der Waals surface area contributed by atoms with Gasteiger partial charge in [0.1, 0.15) is 5.82 Å². The van der Waals surface area contributed by atoms with Crippen LogP contribution >= 0.6 is 0 Å². The molecule has 2 rings (SSSR count). The highest BCUT2D eigenvalue weighted by Gasteiger charge is 2.11. The average molecular weight is 266 g/mol. The molecule has 0 aliphatic rings. The Hall–Kier alpha value is -1.91. The zero-order valence-electron chi connectivity index (χ0n) is 10.5. The molecule has 0 atom stereocenters. The molecule has 0 amide bonds. The van der Waals surface area contributed by atoms with Gasteiger partial charge >= 0.3 is 0 Å². The largest absolute Gasteiger partial charge is 0.258 e. The maximum atomic E-state index is 13.5. The molecule has 0 unspecified atom stereocenters. The molecule has 19 heavy (non-hydrogen) atoms. The second-order valence-corrected chi connectivity index (χ2v) is 4.28. The minimum absolute atomic E-state index is 0.0661. The predicted octanol–water partition coefficient (Wildman–Crippen LogP) is 3.44. The first-order valence-corrected chi connectivity index (χ1v) is 6.03. The van der Waals surface area contributed by atoms with Crippen molar-refractivity contribution in [3.05, 3.63) is 58.9 Å². The number of hydrogen-bond donors (Lipinski definition) is 0. The molecule has 2 nitrogen and oxygen atoms in total. The molecule has 0 N–H and O–H groups in total. The van der Waals surface area contributed by atoms with Crippen LogP contribution in [0.2, 0.25) is 0 Å². The highest BCUT2D eigenvalue weighted by Crippen LogP contribution is 2.16. The van der Waals surface area contributed by atoms with Gasteiger partial charge in [-0.2, -0.15) is 0 Å². The molecule has 0 aliphatic carbocycles. The Kier molecular flexibility index (Phi) is 4.14. The summed E-state index contributed by atoms with van der Waals surface area (Å²) in [5.41, 5.74) is 1.44. The van der Waals surface area contributed by atoms with Gasteiger partial charge in [0, 0.05) is 24.9 Å². The molecule has 0 fully saturated rings. The minimum Gasteiger partial charge on any atom is -0.258 e. The van der Waals surface area contributed by atoms with E-state index in [1.165, 1.54) is 6.20 Å². The number of hydrogen-bond acceptors (Lipinski definition) is 2. The van der Waals surface area contributed by atoms with Gasteiger partial charge in [-0.3, -0.25) is 9.97 Å². The van der Waals surface area contributed by atoms with Crippen LogP contribution in [0.5, 0.6) is 0 Å². The molecular formula is C14H13F3N2. The second-order valence-electron chi connectivity index (χ2n) is 4.28. The number of nitrogens with zero attached hydrogens (tertiary/aromatic N) is 2. The normalized spacial score (nSPS) is 10.7. The lowest BCUT2D eigenvalue weighted by Crippen LogP contribution is -2.00. The zero-order chi connectivity index (χ0) is 13.8. The van der Waals surface area contributed by atoms with Gasteiger partial charge in [-0.1, -0.05) is 13.3 Å². The van der Waals surface area contributed by atoms with E-state index in [0.29, 0.717) is 11.8 Å². The Morgan fingerprint density at radius 1 is 0.895 bits per heavy atom. The van der Waals surface area contributed by atoms with Crippen LogP contribution < -0.4 is 0 Å². The van der Waals surface area contributed by atoms with Crippen LogP contribution in [0.3, 0.4) is 0 Å². The molecule has 1 aromatic carbocycles. The topological polar surface area (TPSA) is 25.8 Å². The lowest BCUT2D eigenvalue weighted by Gasteiger charge is -2.04. The van der Waals surface area contributed by atoms with Gasteiger partial charge in [0.25, 0.3) is 0 Å². The molecule has 1 heterocycles. The van der Waals surface area contributed by atoms with Crippen molar-refractivity contribution in [3.63, 3.8) is 0 Å². The van der Waals surface area contributed by atoms with E-state index in [9.17, 15) is 13.2 Å². The van der Waals surface area contributed by atoms with Gasteiger partial charge in [0.2, 0.25) is 0 Å². The van der Waals surface area contributed by atoms with Crippen LogP contribution in [0.4, 0.5) is 13.2 Å². The standard InChI is InChI=1S/C14H13F3N2/c1-2-3-10-7-19-11(8-18-10)4-9-5-13(16)14(17)6-12(9)15/h5-8H,2-4H2,1H3. The molecule has 0 spiro atoms. The molecular weight excluding hydrogens is 253 g/mol. The molecule has 0 saturated heterocycles. The third-order valence-electron chi connectivity index (χ3n) is 2.73. The Labute approximate surface area is 109 Å². The van der Waals surface area contributed by atoms with E-state index in [0.717, 1.165) is 24.6 Å². The smallest absolute Gasteiger partial charge is 0.161 e. The third kappa shape index (κ3) is 3.30. The van der Waals surface area contributed by atoms with Gasteiger partial charge < -0.3 is 0 Å². The molecule has 0 radical (unpaired) electrons. The molecule has 0 bridgehead atoms. The summed E-state index contributed by atoms with van der Waals surface area (Å²) in [5.74, 6) is -3.03. The number of benzene rings is 1.